The number of hydrogen-bond acceptors (Lipinski definition) is 10. The van der Waals surface area contributed by atoms with Gasteiger partial charge in [0.25, 0.3) is 17.6 Å². The molecule has 4 aromatic heterocycles. The molecule has 1 aliphatic rings. The van der Waals surface area contributed by atoms with E-state index in [0.717, 1.165) is 11.9 Å². The minimum atomic E-state index is -0.867. The van der Waals surface area contributed by atoms with Gasteiger partial charge < -0.3 is 24.8 Å². The molecule has 1 aromatic carbocycles. The lowest BCUT2D eigenvalue weighted by Gasteiger charge is -2.34. The van der Waals surface area contributed by atoms with Crippen molar-refractivity contribution in [3.05, 3.63) is 65.9 Å². The third-order valence-electron chi connectivity index (χ3n) is 7.24. The molecule has 0 bridgehead atoms. The van der Waals surface area contributed by atoms with Crippen LogP contribution >= 0.6 is 0 Å². The number of benzene rings is 1. The maximum Gasteiger partial charge on any atom is 0.295 e. The molecule has 6 rings (SSSR count). The summed E-state index contributed by atoms with van der Waals surface area (Å²) in [5.74, 6) is -2.31. The van der Waals surface area contributed by atoms with Gasteiger partial charge in [-0.3, -0.25) is 19.5 Å². The molecule has 0 unspecified atom stereocenters. The number of piperazine rings is 1. The van der Waals surface area contributed by atoms with Crippen LogP contribution in [-0.2, 0) is 4.79 Å². The summed E-state index contributed by atoms with van der Waals surface area (Å²) in [5, 5.41) is 27.7. The molecule has 0 spiro atoms. The molecule has 43 heavy (non-hydrogen) atoms. The highest BCUT2D eigenvalue weighted by molar-refractivity contribution is 6.45. The van der Waals surface area contributed by atoms with Crippen LogP contribution in [0.4, 0.5) is 10.3 Å². The second-order valence-corrected chi connectivity index (χ2v) is 9.86. The number of H-pyrrole nitrogens is 2. The topological polar surface area (TPSA) is 182 Å². The van der Waals surface area contributed by atoms with Gasteiger partial charge in [0.15, 0.2) is 5.82 Å². The minimum Gasteiger partial charge on any atom is -0.395 e. The molecule has 0 saturated carbocycles. The molecule has 220 valence electrons. The molecule has 0 radical (unpaired) electrons. The number of aliphatic hydroxyl groups excluding tert-OH is 1. The fourth-order valence-electron chi connectivity index (χ4n) is 4.98. The molecular formula is C27H26FN11O4. The molecule has 0 aliphatic carbocycles. The molecular weight excluding hydrogens is 561 g/mol. The number of anilines is 1. The number of Topliss-reactive ketones (excluding diaryl/α,β-unsaturated/α-hetero) is 1. The standard InChI is InChI=1S/C27H26FN11O4/c1-36(11-12-40)25(42)20-13-19(31-32-20)22-23-21(18(28)15-30-22)17(14-29-23)24(41)26(43)37-7-9-38(10-8-37)27-33-34-35-39(27)16-5-3-2-4-6-16/h2-6,13-15,29,40H,7-12H2,1H3,(H,31,32). The molecule has 1 saturated heterocycles. The Bertz CT molecular complexity index is 1810. The number of carbonyl (C=O) groups is 3. The second kappa shape index (κ2) is 11.4. The van der Waals surface area contributed by atoms with Gasteiger partial charge >= 0.3 is 0 Å². The monoisotopic (exact) mass is 587 g/mol. The van der Waals surface area contributed by atoms with Gasteiger partial charge in [0.05, 0.1) is 35.0 Å². The number of fused-ring (bicyclic) bond motifs is 1. The highest BCUT2D eigenvalue weighted by atomic mass is 19.1. The fraction of sp³-hybridized carbons (Fsp3) is 0.259. The van der Waals surface area contributed by atoms with Crippen molar-refractivity contribution in [2.45, 2.75) is 0 Å². The average molecular weight is 588 g/mol. The van der Waals surface area contributed by atoms with Gasteiger partial charge in [-0.05, 0) is 28.6 Å². The fourth-order valence-corrected chi connectivity index (χ4v) is 4.98. The normalized spacial score (nSPS) is 13.5. The molecule has 1 aliphatic heterocycles. The van der Waals surface area contributed by atoms with E-state index in [4.69, 9.17) is 5.11 Å². The van der Waals surface area contributed by atoms with Crippen molar-refractivity contribution in [2.24, 2.45) is 0 Å². The van der Waals surface area contributed by atoms with Gasteiger partial charge in [-0.2, -0.15) is 9.78 Å². The lowest BCUT2D eigenvalue weighted by Crippen LogP contribution is -2.51. The summed E-state index contributed by atoms with van der Waals surface area (Å²) in [5.41, 5.74) is 1.37. The van der Waals surface area contributed by atoms with Gasteiger partial charge in [0.1, 0.15) is 17.1 Å². The van der Waals surface area contributed by atoms with Crippen molar-refractivity contribution in [1.82, 2.24) is 50.2 Å². The Balaban J connectivity index is 1.19. The molecule has 3 N–H and O–H groups in total. The number of pyridine rings is 1. The van der Waals surface area contributed by atoms with Crippen molar-refractivity contribution >= 4 is 34.4 Å². The zero-order chi connectivity index (χ0) is 30.1. The zero-order valence-electron chi connectivity index (χ0n) is 22.9. The number of aromatic nitrogens is 8. The third-order valence-corrected chi connectivity index (χ3v) is 7.24. The van der Waals surface area contributed by atoms with Crippen LogP contribution in [-0.4, -0.2) is 119 Å². The second-order valence-electron chi connectivity index (χ2n) is 9.86. The summed E-state index contributed by atoms with van der Waals surface area (Å²) in [6, 6.07) is 10.8. The van der Waals surface area contributed by atoms with Gasteiger partial charge in [-0.15, -0.1) is 0 Å². The number of ketones is 1. The maximum atomic E-state index is 15.1. The Labute approximate surface area is 242 Å². The third kappa shape index (κ3) is 5.07. The molecule has 5 heterocycles. The molecule has 2 amide bonds. The first kappa shape index (κ1) is 27.6. The van der Waals surface area contributed by atoms with E-state index in [1.54, 1.807) is 4.68 Å². The van der Waals surface area contributed by atoms with Crippen LogP contribution in [0.15, 0.2) is 48.8 Å². The smallest absolute Gasteiger partial charge is 0.295 e. The molecule has 5 aromatic rings. The van der Waals surface area contributed by atoms with E-state index in [1.807, 2.05) is 35.2 Å². The summed E-state index contributed by atoms with van der Waals surface area (Å²) in [6.45, 7) is 1.17. The van der Waals surface area contributed by atoms with Crippen molar-refractivity contribution in [3.63, 3.8) is 0 Å². The highest BCUT2D eigenvalue weighted by Gasteiger charge is 2.31. The Morgan fingerprint density at radius 2 is 1.88 bits per heavy atom. The number of nitrogens with one attached hydrogen (secondary N) is 2. The van der Waals surface area contributed by atoms with E-state index in [1.165, 1.54) is 29.1 Å². The summed E-state index contributed by atoms with van der Waals surface area (Å²) >= 11 is 0. The zero-order valence-corrected chi connectivity index (χ0v) is 22.9. The van der Waals surface area contributed by atoms with Crippen molar-refractivity contribution in [2.75, 3.05) is 51.3 Å². The Morgan fingerprint density at radius 1 is 1.12 bits per heavy atom. The minimum absolute atomic E-state index is 0.0997. The van der Waals surface area contributed by atoms with E-state index < -0.39 is 23.4 Å². The highest BCUT2D eigenvalue weighted by Crippen LogP contribution is 2.30. The van der Waals surface area contributed by atoms with E-state index in [-0.39, 0.29) is 59.8 Å². The Hall–Kier alpha value is -5.51. The van der Waals surface area contributed by atoms with E-state index in [0.29, 0.717) is 19.0 Å². The van der Waals surface area contributed by atoms with Crippen molar-refractivity contribution in [1.29, 1.82) is 0 Å². The van der Waals surface area contributed by atoms with Crippen LogP contribution in [0.1, 0.15) is 20.8 Å². The Kier molecular flexibility index (Phi) is 7.33. The largest absolute Gasteiger partial charge is 0.395 e. The first-order chi connectivity index (χ1) is 20.9. The van der Waals surface area contributed by atoms with Gasteiger partial charge in [0.2, 0.25) is 5.95 Å². The summed E-state index contributed by atoms with van der Waals surface area (Å²) < 4.78 is 16.7. The van der Waals surface area contributed by atoms with Crippen LogP contribution < -0.4 is 4.90 Å². The molecule has 1 fully saturated rings. The van der Waals surface area contributed by atoms with Crippen LogP contribution in [0.5, 0.6) is 0 Å². The summed E-state index contributed by atoms with van der Waals surface area (Å²) in [4.78, 5) is 50.8. The first-order valence-corrected chi connectivity index (χ1v) is 13.4. The van der Waals surface area contributed by atoms with Crippen LogP contribution in [0, 0.1) is 5.82 Å². The number of tetrazole rings is 1. The lowest BCUT2D eigenvalue weighted by atomic mass is 10.1. The van der Waals surface area contributed by atoms with Crippen LogP contribution in [0.2, 0.25) is 0 Å². The van der Waals surface area contributed by atoms with E-state index >= 15 is 4.39 Å². The number of nitrogens with zero attached hydrogens (tertiary/aromatic N) is 9. The Morgan fingerprint density at radius 3 is 2.63 bits per heavy atom. The summed E-state index contributed by atoms with van der Waals surface area (Å²) in [7, 11) is 1.53. The van der Waals surface area contributed by atoms with E-state index in [2.05, 4.69) is 35.7 Å². The predicted octanol–water partition coefficient (Wildman–Crippen LogP) is 0.664. The first-order valence-electron chi connectivity index (χ1n) is 13.4. The predicted molar refractivity (Wildman–Crippen MR) is 150 cm³/mol. The number of amides is 2. The number of aromatic amines is 2. The molecule has 15 nitrogen and oxygen atoms in total. The molecule has 16 heteroatoms. The SMILES string of the molecule is CN(CCO)C(=O)c1cc(-c2ncc(F)c3c(C(=O)C(=O)N4CCN(c5nnnn5-c5ccccc5)CC4)c[nH]c23)n[nH]1. The van der Waals surface area contributed by atoms with Crippen LogP contribution in [0.3, 0.4) is 0 Å². The van der Waals surface area contributed by atoms with Crippen molar-refractivity contribution in [3.8, 4) is 17.1 Å². The van der Waals surface area contributed by atoms with Crippen molar-refractivity contribution < 1.29 is 23.9 Å². The van der Waals surface area contributed by atoms with E-state index in [9.17, 15) is 14.4 Å². The molecule has 0 atom stereocenters. The number of carbonyl (C=O) groups excluding carboxylic acids is 3. The number of rotatable bonds is 8. The number of aliphatic hydroxyl groups is 1. The average Bonchev–Trinajstić information content (AvgIpc) is 3.81. The van der Waals surface area contributed by atoms with Gasteiger partial charge in [0, 0.05) is 46.0 Å². The van der Waals surface area contributed by atoms with Crippen LogP contribution in [0.25, 0.3) is 28.0 Å². The lowest BCUT2D eigenvalue weighted by molar-refractivity contribution is -0.126. The number of likely N-dealkylation sites (N-methyl/N-ethyl adjacent to an activating group) is 1. The maximum absolute atomic E-state index is 15.1. The number of hydrogen-bond donors (Lipinski definition) is 3. The number of para-hydroxylation sites is 1. The summed E-state index contributed by atoms with van der Waals surface area (Å²) in [6.07, 6.45) is 2.22. The van der Waals surface area contributed by atoms with Gasteiger partial charge in [-0.1, -0.05) is 23.3 Å². The quantitative estimate of drug-likeness (QED) is 0.172. The van der Waals surface area contributed by atoms with Gasteiger partial charge in [-0.25, -0.2) is 9.37 Å². The number of halogens is 1.